The van der Waals surface area contributed by atoms with E-state index in [4.69, 9.17) is 4.99 Å². The van der Waals surface area contributed by atoms with Gasteiger partial charge in [-0.1, -0.05) is 35.0 Å². The van der Waals surface area contributed by atoms with Gasteiger partial charge in [0.25, 0.3) is 0 Å². The molecule has 6 nitrogen and oxygen atoms in total. The van der Waals surface area contributed by atoms with Crippen molar-refractivity contribution in [2.75, 3.05) is 11.4 Å². The van der Waals surface area contributed by atoms with Crippen molar-refractivity contribution in [3.05, 3.63) is 58.3 Å². The van der Waals surface area contributed by atoms with Crippen LogP contribution < -0.4 is 4.90 Å². The first-order valence-electron chi connectivity index (χ1n) is 8.06. The maximum Gasteiger partial charge on any atom is 0.173 e. The van der Waals surface area contributed by atoms with E-state index < -0.39 is 6.23 Å². The normalized spacial score (nSPS) is 19.2. The third-order valence-corrected chi connectivity index (χ3v) is 4.91. The molecule has 1 aromatic heterocycles. The number of hydrogen-bond donors (Lipinski definition) is 1. The molecule has 0 aliphatic carbocycles. The number of rotatable bonds is 2. The standard InChI is InChI=1S/C18H16BrN5O/c1-2-12-18(25)24-14-8-5-6-11(19)16(14)17(13-7-3-4-9-20-13)21-10-15(24)23-22-12/h3-9,18,25H,2,10H2,1H3. The van der Waals surface area contributed by atoms with Crippen molar-refractivity contribution in [2.45, 2.75) is 19.6 Å². The van der Waals surface area contributed by atoms with Crippen LogP contribution in [0.15, 0.2) is 62.3 Å². The molecular weight excluding hydrogens is 382 g/mol. The van der Waals surface area contributed by atoms with Crippen LogP contribution in [0.25, 0.3) is 0 Å². The summed E-state index contributed by atoms with van der Waals surface area (Å²) in [6.07, 6.45) is 1.53. The summed E-state index contributed by atoms with van der Waals surface area (Å²) in [4.78, 5) is 11.0. The molecule has 126 valence electrons. The van der Waals surface area contributed by atoms with Crippen molar-refractivity contribution in [1.29, 1.82) is 0 Å². The number of aromatic nitrogens is 1. The third kappa shape index (κ3) is 2.69. The Morgan fingerprint density at radius 2 is 2.08 bits per heavy atom. The first kappa shape index (κ1) is 16.1. The van der Waals surface area contributed by atoms with E-state index >= 15 is 0 Å². The lowest BCUT2D eigenvalue weighted by atomic mass is 10.0. The molecule has 0 saturated heterocycles. The van der Waals surface area contributed by atoms with Crippen LogP contribution in [0.1, 0.15) is 24.6 Å². The molecule has 1 atom stereocenters. The number of pyridine rings is 1. The highest BCUT2D eigenvalue weighted by atomic mass is 79.9. The molecule has 0 fully saturated rings. The smallest absolute Gasteiger partial charge is 0.173 e. The molecule has 2 aliphatic rings. The molecule has 2 aliphatic heterocycles. The molecule has 1 N–H and O–H groups in total. The molecule has 4 rings (SSSR count). The molecule has 0 saturated carbocycles. The highest BCUT2D eigenvalue weighted by molar-refractivity contribution is 9.10. The summed E-state index contributed by atoms with van der Waals surface area (Å²) in [5, 5.41) is 19.3. The number of hydrogen-bond acceptors (Lipinski definition) is 6. The lowest BCUT2D eigenvalue weighted by Gasteiger charge is -2.33. The van der Waals surface area contributed by atoms with Gasteiger partial charge < -0.3 is 5.11 Å². The Hall–Kier alpha value is -2.38. The van der Waals surface area contributed by atoms with Crippen molar-refractivity contribution >= 4 is 38.9 Å². The fourth-order valence-corrected chi connectivity index (χ4v) is 3.58. The monoisotopic (exact) mass is 397 g/mol. The maximum atomic E-state index is 10.8. The molecule has 7 heteroatoms. The maximum absolute atomic E-state index is 10.8. The van der Waals surface area contributed by atoms with E-state index in [0.29, 0.717) is 24.5 Å². The predicted octanol–water partition coefficient (Wildman–Crippen LogP) is 3.00. The molecule has 0 radical (unpaired) electrons. The van der Waals surface area contributed by atoms with Crippen molar-refractivity contribution in [2.24, 2.45) is 15.2 Å². The van der Waals surface area contributed by atoms with E-state index in [-0.39, 0.29) is 0 Å². The Labute approximate surface area is 153 Å². The number of amidine groups is 1. The summed E-state index contributed by atoms with van der Waals surface area (Å²) in [7, 11) is 0. The Kier molecular flexibility index (Phi) is 4.19. The van der Waals surface area contributed by atoms with E-state index in [2.05, 4.69) is 31.1 Å². The number of aliphatic hydroxyl groups is 1. The zero-order valence-electron chi connectivity index (χ0n) is 13.6. The van der Waals surface area contributed by atoms with Gasteiger partial charge in [0, 0.05) is 16.2 Å². The second-order valence-corrected chi connectivity index (χ2v) is 6.57. The summed E-state index contributed by atoms with van der Waals surface area (Å²) in [5.41, 5.74) is 3.91. The van der Waals surface area contributed by atoms with Gasteiger partial charge in [-0.2, -0.15) is 5.10 Å². The van der Waals surface area contributed by atoms with Crippen LogP contribution in [0.2, 0.25) is 0 Å². The SMILES string of the molecule is CCC1=NN=C2CN=C(c3ccccn3)c3c(Br)cccc3N2C1O. The average molecular weight is 398 g/mol. The van der Waals surface area contributed by atoms with Crippen LogP contribution in [-0.2, 0) is 0 Å². The fourth-order valence-electron chi connectivity index (χ4n) is 3.03. The van der Waals surface area contributed by atoms with E-state index in [0.717, 1.165) is 27.1 Å². The molecular formula is C18H16BrN5O. The van der Waals surface area contributed by atoms with Gasteiger partial charge in [0.15, 0.2) is 12.1 Å². The predicted molar refractivity (Wildman–Crippen MR) is 103 cm³/mol. The summed E-state index contributed by atoms with van der Waals surface area (Å²) >= 11 is 3.64. The van der Waals surface area contributed by atoms with Crippen molar-refractivity contribution < 1.29 is 5.11 Å². The number of benzene rings is 1. The summed E-state index contributed by atoms with van der Waals surface area (Å²) in [6, 6.07) is 11.6. The van der Waals surface area contributed by atoms with Crippen LogP contribution in [0, 0.1) is 0 Å². The van der Waals surface area contributed by atoms with E-state index in [1.54, 1.807) is 6.20 Å². The van der Waals surface area contributed by atoms with Gasteiger partial charge in [0.05, 0.1) is 29.3 Å². The zero-order valence-corrected chi connectivity index (χ0v) is 15.2. The minimum Gasteiger partial charge on any atom is -0.368 e. The Balaban J connectivity index is 1.94. The Morgan fingerprint density at radius 3 is 2.84 bits per heavy atom. The van der Waals surface area contributed by atoms with Crippen LogP contribution in [0.4, 0.5) is 5.69 Å². The largest absolute Gasteiger partial charge is 0.368 e. The molecule has 2 aromatic rings. The fraction of sp³-hybridized carbons (Fsp3) is 0.222. The van der Waals surface area contributed by atoms with Crippen LogP contribution in [0.5, 0.6) is 0 Å². The van der Waals surface area contributed by atoms with E-state index in [9.17, 15) is 5.11 Å². The number of halogens is 1. The summed E-state index contributed by atoms with van der Waals surface area (Å²) in [6.45, 7) is 2.28. The second kappa shape index (κ2) is 6.50. The molecule has 1 aromatic carbocycles. The minimum absolute atomic E-state index is 0.324. The van der Waals surface area contributed by atoms with Gasteiger partial charge in [-0.25, -0.2) is 0 Å². The highest BCUT2D eigenvalue weighted by Gasteiger charge is 2.34. The van der Waals surface area contributed by atoms with Gasteiger partial charge in [-0.05, 0) is 30.7 Å². The zero-order chi connectivity index (χ0) is 17.4. The number of anilines is 1. The van der Waals surface area contributed by atoms with Crippen LogP contribution in [0.3, 0.4) is 0 Å². The first-order chi connectivity index (χ1) is 12.2. The topological polar surface area (TPSA) is 73.4 Å². The molecule has 1 unspecified atom stereocenters. The Morgan fingerprint density at radius 1 is 1.20 bits per heavy atom. The van der Waals surface area contributed by atoms with E-state index in [1.165, 1.54) is 0 Å². The number of aliphatic imine (C=N–C) groups is 1. The number of fused-ring (bicyclic) bond motifs is 3. The minimum atomic E-state index is -0.844. The molecule has 0 spiro atoms. The van der Waals surface area contributed by atoms with E-state index in [1.807, 2.05) is 48.2 Å². The van der Waals surface area contributed by atoms with Crippen molar-refractivity contribution in [3.8, 4) is 0 Å². The lowest BCUT2D eigenvalue weighted by Crippen LogP contribution is -2.48. The summed E-state index contributed by atoms with van der Waals surface area (Å²) < 4.78 is 0.892. The van der Waals surface area contributed by atoms with Crippen molar-refractivity contribution in [1.82, 2.24) is 4.98 Å². The highest BCUT2D eigenvalue weighted by Crippen LogP contribution is 2.34. The van der Waals surface area contributed by atoms with Crippen LogP contribution >= 0.6 is 15.9 Å². The molecule has 25 heavy (non-hydrogen) atoms. The average Bonchev–Trinajstić information content (AvgIpc) is 2.81. The van der Waals surface area contributed by atoms with Gasteiger partial charge in [-0.15, -0.1) is 5.10 Å². The molecule has 0 bridgehead atoms. The second-order valence-electron chi connectivity index (χ2n) is 5.72. The molecule has 3 heterocycles. The van der Waals surface area contributed by atoms with Gasteiger partial charge in [0.2, 0.25) is 0 Å². The van der Waals surface area contributed by atoms with Gasteiger partial charge in [-0.3, -0.25) is 14.9 Å². The third-order valence-electron chi connectivity index (χ3n) is 4.25. The number of nitrogens with zero attached hydrogens (tertiary/aromatic N) is 5. The first-order valence-corrected chi connectivity index (χ1v) is 8.85. The van der Waals surface area contributed by atoms with Gasteiger partial charge >= 0.3 is 0 Å². The molecule has 0 amide bonds. The lowest BCUT2D eigenvalue weighted by molar-refractivity contribution is 0.246. The number of aliphatic hydroxyl groups excluding tert-OH is 1. The van der Waals surface area contributed by atoms with Crippen molar-refractivity contribution in [3.63, 3.8) is 0 Å². The summed E-state index contributed by atoms with van der Waals surface area (Å²) in [5.74, 6) is 0.620. The van der Waals surface area contributed by atoms with Crippen LogP contribution in [-0.4, -0.2) is 40.1 Å². The quantitative estimate of drug-likeness (QED) is 0.846. The Bertz CT molecular complexity index is 907. The van der Waals surface area contributed by atoms with Gasteiger partial charge in [0.1, 0.15) is 0 Å².